The van der Waals surface area contributed by atoms with Crippen LogP contribution in [0.25, 0.3) is 0 Å². The molecule has 0 aliphatic heterocycles. The Kier molecular flexibility index (Phi) is 5.04. The van der Waals surface area contributed by atoms with Gasteiger partial charge in [-0.1, -0.05) is 73.3 Å². The SMILES string of the molecule is C=C(O[Si](Cl)(c1ccccc1)c1ccccc1)C1=CCCCC1. The summed E-state index contributed by atoms with van der Waals surface area (Å²) in [4.78, 5) is 0. The molecule has 0 saturated carbocycles. The van der Waals surface area contributed by atoms with Gasteiger partial charge < -0.3 is 4.43 Å². The lowest BCUT2D eigenvalue weighted by Gasteiger charge is -2.29. The van der Waals surface area contributed by atoms with Crippen molar-refractivity contribution < 1.29 is 4.43 Å². The summed E-state index contributed by atoms with van der Waals surface area (Å²) < 4.78 is 6.39. The van der Waals surface area contributed by atoms with Gasteiger partial charge in [0, 0.05) is 0 Å². The third kappa shape index (κ3) is 3.60. The zero-order valence-corrected chi connectivity index (χ0v) is 14.9. The van der Waals surface area contributed by atoms with E-state index >= 15 is 0 Å². The van der Waals surface area contributed by atoms with E-state index in [1.165, 1.54) is 18.4 Å². The largest absolute Gasteiger partial charge is 0.523 e. The van der Waals surface area contributed by atoms with Gasteiger partial charge in [0.05, 0.1) is 0 Å². The molecule has 2 aromatic rings. The monoisotopic (exact) mass is 340 g/mol. The van der Waals surface area contributed by atoms with E-state index in [1.807, 2.05) is 36.4 Å². The number of allylic oxidation sites excluding steroid dienone is 2. The lowest BCUT2D eigenvalue weighted by molar-refractivity contribution is 0.446. The maximum Gasteiger partial charge on any atom is 0.414 e. The van der Waals surface area contributed by atoms with E-state index in [-0.39, 0.29) is 0 Å². The molecule has 0 unspecified atom stereocenters. The first-order valence-corrected chi connectivity index (χ1v) is 11.0. The predicted molar refractivity (Wildman–Crippen MR) is 101 cm³/mol. The molecule has 0 N–H and O–H groups in total. The highest BCUT2D eigenvalue weighted by molar-refractivity contribution is 7.30. The Morgan fingerprint density at radius 3 is 1.96 bits per heavy atom. The maximum absolute atomic E-state index is 7.13. The van der Waals surface area contributed by atoms with Gasteiger partial charge in [-0.15, -0.1) is 11.1 Å². The molecule has 1 nitrogen and oxygen atoms in total. The zero-order valence-electron chi connectivity index (χ0n) is 13.2. The molecule has 1 aliphatic rings. The van der Waals surface area contributed by atoms with Crippen molar-refractivity contribution in [1.29, 1.82) is 0 Å². The Balaban J connectivity index is 1.96. The zero-order chi connectivity index (χ0) is 16.1. The molecule has 0 bridgehead atoms. The quantitative estimate of drug-likeness (QED) is 0.442. The summed E-state index contributed by atoms with van der Waals surface area (Å²) in [6.45, 7) is 4.17. The van der Waals surface area contributed by atoms with Crippen LogP contribution in [0.1, 0.15) is 25.7 Å². The van der Waals surface area contributed by atoms with Gasteiger partial charge >= 0.3 is 7.63 Å². The highest BCUT2D eigenvalue weighted by Crippen LogP contribution is 2.27. The molecule has 0 amide bonds. The van der Waals surface area contributed by atoms with Crippen molar-refractivity contribution in [2.75, 3.05) is 0 Å². The van der Waals surface area contributed by atoms with Crippen LogP contribution in [0.2, 0.25) is 0 Å². The van der Waals surface area contributed by atoms with E-state index in [4.69, 9.17) is 15.5 Å². The number of halogens is 1. The van der Waals surface area contributed by atoms with Crippen LogP contribution in [0.15, 0.2) is 84.7 Å². The van der Waals surface area contributed by atoms with Gasteiger partial charge in [-0.25, -0.2) is 0 Å². The highest BCUT2D eigenvalue weighted by Gasteiger charge is 2.40. The van der Waals surface area contributed by atoms with Crippen LogP contribution >= 0.6 is 11.1 Å². The van der Waals surface area contributed by atoms with Crippen LogP contribution < -0.4 is 10.4 Å². The van der Waals surface area contributed by atoms with E-state index in [0.29, 0.717) is 0 Å². The first-order valence-electron chi connectivity index (χ1n) is 8.07. The van der Waals surface area contributed by atoms with Crippen LogP contribution in [0, 0.1) is 0 Å². The normalized spacial score (nSPS) is 14.9. The van der Waals surface area contributed by atoms with Crippen LogP contribution in [-0.2, 0) is 4.43 Å². The molecule has 0 spiro atoms. The van der Waals surface area contributed by atoms with Crippen LogP contribution in [0.3, 0.4) is 0 Å². The van der Waals surface area contributed by atoms with Gasteiger partial charge in [-0.05, 0) is 41.6 Å². The minimum atomic E-state index is -2.82. The lowest BCUT2D eigenvalue weighted by Crippen LogP contribution is -2.56. The Labute approximate surface area is 144 Å². The molecule has 0 aromatic heterocycles. The van der Waals surface area contributed by atoms with E-state index in [9.17, 15) is 0 Å². The van der Waals surface area contributed by atoms with Gasteiger partial charge in [-0.2, -0.15) is 0 Å². The smallest absolute Gasteiger partial charge is 0.414 e. The topological polar surface area (TPSA) is 9.23 Å². The van der Waals surface area contributed by atoms with Gasteiger partial charge in [0.15, 0.2) is 0 Å². The summed E-state index contributed by atoms with van der Waals surface area (Å²) in [5, 5.41) is 2.09. The second-order valence-corrected chi connectivity index (χ2v) is 9.97. The van der Waals surface area contributed by atoms with Gasteiger partial charge in [0.25, 0.3) is 0 Å². The van der Waals surface area contributed by atoms with Crippen molar-refractivity contribution >= 4 is 29.1 Å². The van der Waals surface area contributed by atoms with Crippen LogP contribution in [-0.4, -0.2) is 7.63 Å². The van der Waals surface area contributed by atoms with Crippen molar-refractivity contribution in [2.45, 2.75) is 25.7 Å². The average Bonchev–Trinajstić information content (AvgIpc) is 2.64. The fourth-order valence-electron chi connectivity index (χ4n) is 2.92. The van der Waals surface area contributed by atoms with E-state index in [0.717, 1.165) is 29.0 Å². The molecule has 0 atom stereocenters. The van der Waals surface area contributed by atoms with Gasteiger partial charge in [0.1, 0.15) is 5.76 Å². The van der Waals surface area contributed by atoms with Crippen molar-refractivity contribution in [1.82, 2.24) is 0 Å². The van der Waals surface area contributed by atoms with Gasteiger partial charge in [0.2, 0.25) is 0 Å². The summed E-state index contributed by atoms with van der Waals surface area (Å²) in [5.41, 5.74) is 1.21. The minimum absolute atomic E-state index is 0.735. The van der Waals surface area contributed by atoms with E-state index in [2.05, 4.69) is 36.9 Å². The molecular formula is C20H21ClOSi. The van der Waals surface area contributed by atoms with Gasteiger partial charge in [-0.3, -0.25) is 0 Å². The molecule has 0 saturated heterocycles. The summed E-state index contributed by atoms with van der Waals surface area (Å²) in [5.74, 6) is 0.735. The standard InChI is InChI=1S/C20H21ClOSi/c1-17(18-11-5-2-6-12-18)22-23(21,19-13-7-3-8-14-19)20-15-9-4-10-16-20/h3-4,7-11,13-16H,1-2,5-6,12H2. The molecular weight excluding hydrogens is 320 g/mol. The second kappa shape index (κ2) is 7.20. The van der Waals surface area contributed by atoms with Crippen molar-refractivity contribution in [3.05, 3.63) is 84.7 Å². The number of benzene rings is 2. The number of hydrogen-bond donors (Lipinski definition) is 0. The Morgan fingerprint density at radius 1 is 0.913 bits per heavy atom. The summed E-state index contributed by atoms with van der Waals surface area (Å²) in [6.07, 6.45) is 6.82. The summed E-state index contributed by atoms with van der Waals surface area (Å²) in [6, 6.07) is 20.2. The number of rotatable bonds is 5. The molecule has 3 heteroatoms. The summed E-state index contributed by atoms with van der Waals surface area (Å²) >= 11 is 7.13. The van der Waals surface area contributed by atoms with Crippen LogP contribution in [0.4, 0.5) is 0 Å². The molecule has 118 valence electrons. The minimum Gasteiger partial charge on any atom is -0.523 e. The van der Waals surface area contributed by atoms with E-state index < -0.39 is 7.63 Å². The predicted octanol–water partition coefficient (Wildman–Crippen LogP) is 4.51. The molecule has 0 heterocycles. The molecule has 0 radical (unpaired) electrons. The highest BCUT2D eigenvalue weighted by atomic mass is 35.6. The fraction of sp³-hybridized carbons (Fsp3) is 0.200. The van der Waals surface area contributed by atoms with Crippen molar-refractivity contribution in [3.63, 3.8) is 0 Å². The van der Waals surface area contributed by atoms with E-state index in [1.54, 1.807) is 0 Å². The third-order valence-electron chi connectivity index (χ3n) is 4.20. The maximum atomic E-state index is 7.13. The van der Waals surface area contributed by atoms with Crippen LogP contribution in [0.5, 0.6) is 0 Å². The van der Waals surface area contributed by atoms with Crippen molar-refractivity contribution in [3.8, 4) is 0 Å². The fourth-order valence-corrected chi connectivity index (χ4v) is 6.23. The lowest BCUT2D eigenvalue weighted by atomic mass is 9.99. The molecule has 2 aromatic carbocycles. The first kappa shape index (κ1) is 16.1. The Bertz CT molecular complexity index is 655. The summed E-state index contributed by atoms with van der Waals surface area (Å²) in [7, 11) is -2.82. The Morgan fingerprint density at radius 2 is 1.48 bits per heavy atom. The molecule has 0 fully saturated rings. The molecule has 1 aliphatic carbocycles. The number of hydrogen-bond acceptors (Lipinski definition) is 1. The average molecular weight is 341 g/mol. The first-order chi connectivity index (χ1) is 11.2. The second-order valence-electron chi connectivity index (χ2n) is 5.83. The third-order valence-corrected chi connectivity index (χ3v) is 8.42. The molecule has 3 rings (SSSR count). The Hall–Kier alpha value is -1.77. The molecule has 23 heavy (non-hydrogen) atoms. The van der Waals surface area contributed by atoms with Crippen molar-refractivity contribution in [2.24, 2.45) is 0 Å².